The summed E-state index contributed by atoms with van der Waals surface area (Å²) in [5, 5.41) is 0. The maximum atomic E-state index is 12.8. The number of hydrogen-bond acceptors (Lipinski definition) is 5. The van der Waals surface area contributed by atoms with Gasteiger partial charge in [0.05, 0.1) is 16.9 Å². The van der Waals surface area contributed by atoms with Crippen molar-refractivity contribution >= 4 is 9.84 Å². The highest BCUT2D eigenvalue weighted by atomic mass is 32.2. The molecule has 0 amide bonds. The van der Waals surface area contributed by atoms with E-state index in [0.717, 1.165) is 5.75 Å². The fourth-order valence-corrected chi connectivity index (χ4v) is 4.18. The van der Waals surface area contributed by atoms with Crippen LogP contribution in [0.5, 0.6) is 28.7 Å². The predicted octanol–water partition coefficient (Wildman–Crippen LogP) is 6.11. The number of sulfone groups is 1. The van der Waals surface area contributed by atoms with Gasteiger partial charge in [0.1, 0.15) is 28.7 Å². The molecule has 5 nitrogen and oxygen atoms in total. The molecule has 0 aromatic heterocycles. The summed E-state index contributed by atoms with van der Waals surface area (Å²) < 4.78 is 42.3. The van der Waals surface area contributed by atoms with E-state index in [2.05, 4.69) is 0 Å². The second-order valence-corrected chi connectivity index (χ2v) is 8.59. The molecule has 0 heterocycles. The van der Waals surface area contributed by atoms with E-state index in [1.165, 1.54) is 31.4 Å². The van der Waals surface area contributed by atoms with Gasteiger partial charge in [-0.2, -0.15) is 0 Å². The lowest BCUT2D eigenvalue weighted by Gasteiger charge is -2.09. The van der Waals surface area contributed by atoms with Gasteiger partial charge < -0.3 is 14.2 Å². The number of ether oxygens (including phenoxy) is 3. The minimum atomic E-state index is -3.62. The molecule has 0 aliphatic rings. The maximum absolute atomic E-state index is 12.8. The van der Waals surface area contributed by atoms with E-state index >= 15 is 0 Å². The van der Waals surface area contributed by atoms with Crippen LogP contribution in [0, 0.1) is 0 Å². The molecule has 0 bridgehead atoms. The molecule has 0 atom stereocenters. The summed E-state index contributed by atoms with van der Waals surface area (Å²) >= 11 is 0. The van der Waals surface area contributed by atoms with Gasteiger partial charge in [0.25, 0.3) is 0 Å². The van der Waals surface area contributed by atoms with Gasteiger partial charge in [-0.3, -0.25) is 0 Å². The van der Waals surface area contributed by atoms with Crippen molar-refractivity contribution in [2.45, 2.75) is 9.79 Å². The molecule has 0 radical (unpaired) electrons. The molecular weight excluding hydrogens is 412 g/mol. The second-order valence-electron chi connectivity index (χ2n) is 6.64. The summed E-state index contributed by atoms with van der Waals surface area (Å²) in [4.78, 5) is 0.396. The minimum Gasteiger partial charge on any atom is -0.497 e. The van der Waals surface area contributed by atoms with Crippen LogP contribution in [0.2, 0.25) is 0 Å². The van der Waals surface area contributed by atoms with Gasteiger partial charge in [-0.1, -0.05) is 18.2 Å². The van der Waals surface area contributed by atoms with Gasteiger partial charge in [-0.15, -0.1) is 0 Å². The van der Waals surface area contributed by atoms with Gasteiger partial charge in [0.2, 0.25) is 9.84 Å². The van der Waals surface area contributed by atoms with Crippen molar-refractivity contribution in [1.29, 1.82) is 0 Å². The zero-order valence-corrected chi connectivity index (χ0v) is 17.6. The molecular formula is C25H20O5S. The van der Waals surface area contributed by atoms with E-state index in [0.29, 0.717) is 23.0 Å². The maximum Gasteiger partial charge on any atom is 0.206 e. The van der Waals surface area contributed by atoms with Crippen LogP contribution in [-0.2, 0) is 9.84 Å². The summed E-state index contributed by atoms with van der Waals surface area (Å²) in [6, 6.07) is 29.3. The van der Waals surface area contributed by atoms with Crippen LogP contribution >= 0.6 is 0 Å². The van der Waals surface area contributed by atoms with E-state index in [4.69, 9.17) is 14.2 Å². The number of rotatable bonds is 7. The first kappa shape index (κ1) is 20.5. The number of methoxy groups -OCH3 is 1. The first-order valence-electron chi connectivity index (χ1n) is 9.55. The highest BCUT2D eigenvalue weighted by Gasteiger charge is 2.17. The fraction of sp³-hybridized carbons (Fsp3) is 0.0400. The average Bonchev–Trinajstić information content (AvgIpc) is 2.81. The van der Waals surface area contributed by atoms with E-state index < -0.39 is 9.84 Å². The van der Waals surface area contributed by atoms with E-state index in [9.17, 15) is 8.42 Å². The lowest BCUT2D eigenvalue weighted by atomic mass is 10.3. The van der Waals surface area contributed by atoms with Crippen LogP contribution in [0.25, 0.3) is 0 Å². The van der Waals surface area contributed by atoms with Gasteiger partial charge in [-0.25, -0.2) is 8.42 Å². The lowest BCUT2D eigenvalue weighted by molar-refractivity contribution is 0.414. The fourth-order valence-electron chi connectivity index (χ4n) is 2.91. The molecule has 4 rings (SSSR count). The van der Waals surface area contributed by atoms with Crippen LogP contribution in [0.4, 0.5) is 0 Å². The summed E-state index contributed by atoms with van der Waals surface area (Å²) in [6.07, 6.45) is 0. The van der Waals surface area contributed by atoms with Gasteiger partial charge in [0.15, 0.2) is 0 Å². The van der Waals surface area contributed by atoms with Crippen LogP contribution in [0.3, 0.4) is 0 Å². The molecule has 4 aromatic rings. The molecule has 0 unspecified atom stereocenters. The van der Waals surface area contributed by atoms with E-state index in [-0.39, 0.29) is 9.79 Å². The Morgan fingerprint density at radius 3 is 1.26 bits per heavy atom. The van der Waals surface area contributed by atoms with Crippen LogP contribution in [0.1, 0.15) is 0 Å². The molecule has 31 heavy (non-hydrogen) atoms. The smallest absolute Gasteiger partial charge is 0.206 e. The highest BCUT2D eigenvalue weighted by Crippen LogP contribution is 2.29. The second kappa shape index (κ2) is 8.93. The van der Waals surface area contributed by atoms with Crippen LogP contribution in [0.15, 0.2) is 113 Å². The quantitative estimate of drug-likeness (QED) is 0.352. The average molecular weight is 432 g/mol. The molecule has 0 aliphatic carbocycles. The van der Waals surface area contributed by atoms with Crippen molar-refractivity contribution in [2.24, 2.45) is 0 Å². The Hall–Kier alpha value is -3.77. The molecule has 0 fully saturated rings. The van der Waals surface area contributed by atoms with Crippen molar-refractivity contribution in [3.05, 3.63) is 103 Å². The topological polar surface area (TPSA) is 61.8 Å². The zero-order chi connectivity index (χ0) is 21.7. The highest BCUT2D eigenvalue weighted by molar-refractivity contribution is 7.91. The SMILES string of the molecule is COc1ccc(S(=O)(=O)c2ccc(Oc3ccc(Oc4ccccc4)cc3)cc2)cc1. The molecule has 0 saturated heterocycles. The minimum absolute atomic E-state index is 0.191. The Morgan fingerprint density at radius 2 is 0.839 bits per heavy atom. The van der Waals surface area contributed by atoms with Gasteiger partial charge >= 0.3 is 0 Å². The molecule has 4 aromatic carbocycles. The lowest BCUT2D eigenvalue weighted by Crippen LogP contribution is -2.01. The molecule has 0 spiro atoms. The first-order chi connectivity index (χ1) is 15.0. The van der Waals surface area contributed by atoms with Crippen LogP contribution in [-0.4, -0.2) is 15.5 Å². The van der Waals surface area contributed by atoms with E-state index in [1.807, 2.05) is 42.5 Å². The monoisotopic (exact) mass is 432 g/mol. The Morgan fingerprint density at radius 1 is 0.484 bits per heavy atom. The Balaban J connectivity index is 1.44. The Labute approximate surface area is 181 Å². The molecule has 6 heteroatoms. The summed E-state index contributed by atoms with van der Waals surface area (Å²) in [5.41, 5.74) is 0. The summed E-state index contributed by atoms with van der Waals surface area (Å²) in [5.74, 6) is 3.20. The van der Waals surface area contributed by atoms with Gasteiger partial charge in [0, 0.05) is 0 Å². The number of benzene rings is 4. The largest absolute Gasteiger partial charge is 0.497 e. The Bertz CT molecular complexity index is 1230. The molecule has 0 aliphatic heterocycles. The third kappa shape index (κ3) is 4.87. The van der Waals surface area contributed by atoms with Crippen LogP contribution < -0.4 is 14.2 Å². The third-order valence-electron chi connectivity index (χ3n) is 4.54. The number of hydrogen-bond donors (Lipinski definition) is 0. The molecule has 0 N–H and O–H groups in total. The van der Waals surface area contributed by atoms with Crippen molar-refractivity contribution in [1.82, 2.24) is 0 Å². The Kier molecular flexibility index (Phi) is 5.91. The first-order valence-corrected chi connectivity index (χ1v) is 11.0. The third-order valence-corrected chi connectivity index (χ3v) is 6.33. The molecule has 0 saturated carbocycles. The predicted molar refractivity (Wildman–Crippen MR) is 118 cm³/mol. The molecule has 156 valence electrons. The van der Waals surface area contributed by atoms with Crippen molar-refractivity contribution in [3.8, 4) is 28.7 Å². The van der Waals surface area contributed by atoms with Gasteiger partial charge in [-0.05, 0) is 84.9 Å². The summed E-state index contributed by atoms with van der Waals surface area (Å²) in [6.45, 7) is 0. The summed E-state index contributed by atoms with van der Waals surface area (Å²) in [7, 11) is -2.08. The van der Waals surface area contributed by atoms with Crippen molar-refractivity contribution < 1.29 is 22.6 Å². The normalized spacial score (nSPS) is 11.0. The standard InChI is InChI=1S/C25H20O5S/c1-28-19-11-15-24(16-12-19)31(26,27)25-17-13-23(14-18-25)30-22-9-7-21(8-10-22)29-20-5-3-2-4-6-20/h2-18H,1H3. The zero-order valence-electron chi connectivity index (χ0n) is 16.8. The van der Waals surface area contributed by atoms with Crippen molar-refractivity contribution in [2.75, 3.05) is 7.11 Å². The number of para-hydroxylation sites is 1. The van der Waals surface area contributed by atoms with Crippen molar-refractivity contribution in [3.63, 3.8) is 0 Å². The van der Waals surface area contributed by atoms with E-state index in [1.54, 1.807) is 36.4 Å².